The van der Waals surface area contributed by atoms with Crippen LogP contribution in [0.1, 0.15) is 35.4 Å². The summed E-state index contributed by atoms with van der Waals surface area (Å²) in [4.78, 5) is 37.8. The number of aromatic nitrogens is 4. The molecule has 0 aliphatic carbocycles. The number of methoxy groups -OCH3 is 1. The van der Waals surface area contributed by atoms with Crippen molar-refractivity contribution in [3.05, 3.63) is 87.3 Å². The van der Waals surface area contributed by atoms with Crippen LogP contribution < -0.4 is 21.3 Å². The average Bonchev–Trinajstić information content (AvgIpc) is 3.40. The zero-order valence-corrected chi connectivity index (χ0v) is 22.3. The number of carbonyl (C=O) groups excluding carboxylic acids is 2. The Morgan fingerprint density at radius 3 is 2.44 bits per heavy atom. The zero-order valence-electron chi connectivity index (χ0n) is 21.5. The number of halogens is 5. The van der Waals surface area contributed by atoms with Crippen molar-refractivity contribution in [3.8, 4) is 22.6 Å². The van der Waals surface area contributed by atoms with E-state index >= 15 is 0 Å². The van der Waals surface area contributed by atoms with Crippen LogP contribution in [0.25, 0.3) is 16.8 Å². The van der Waals surface area contributed by atoms with E-state index in [2.05, 4.69) is 21.4 Å². The highest BCUT2D eigenvalue weighted by Gasteiger charge is 2.35. The van der Waals surface area contributed by atoms with Crippen LogP contribution in [-0.2, 0) is 11.0 Å². The molecule has 4 aromatic rings. The highest BCUT2D eigenvalue weighted by molar-refractivity contribution is 6.31. The van der Waals surface area contributed by atoms with Crippen molar-refractivity contribution in [2.75, 3.05) is 12.4 Å². The zero-order chi connectivity index (χ0) is 30.1. The SMILES string of the molecule is CCC(C(=O)Nc1ccc(C([NH3+])=O)c(F)c1)n1cc(OC)c(-c2cc(Cl)ccc2-n2cc(C(F)(F)F)nn2)cc1=O. The third-order valence-corrected chi connectivity index (χ3v) is 6.34. The monoisotopic (exact) mass is 593 g/mol. The standard InChI is InChI=1S/C26H21ClF4N6O4/c1-3-19(25(40)33-14-5-6-15(24(32)39)18(28)9-14)36-11-21(41-2)17(10-23(36)38)16-8-13(27)4-7-20(16)37-12-22(34-35-37)26(29,30)31/h4-12,19H,3H2,1-2H3,(H2,32,39)(H,33,40)/p+1. The molecule has 0 saturated heterocycles. The number of anilines is 1. The number of carbonyl (C=O) groups is 2. The maximum Gasteiger partial charge on any atom is 0.436 e. The molecule has 214 valence electrons. The minimum absolute atomic E-state index is 0.0576. The van der Waals surface area contributed by atoms with Crippen LogP contribution in [-0.4, -0.2) is 38.5 Å². The number of alkyl halides is 3. The summed E-state index contributed by atoms with van der Waals surface area (Å²) in [6.07, 6.45) is -2.60. The first-order valence-corrected chi connectivity index (χ1v) is 12.3. The number of amides is 2. The predicted octanol–water partition coefficient (Wildman–Crippen LogP) is 3.89. The van der Waals surface area contributed by atoms with E-state index in [4.69, 9.17) is 16.3 Å². The second-order valence-corrected chi connectivity index (χ2v) is 9.18. The second kappa shape index (κ2) is 11.5. The lowest BCUT2D eigenvalue weighted by Gasteiger charge is -2.21. The predicted molar refractivity (Wildman–Crippen MR) is 139 cm³/mol. The Morgan fingerprint density at radius 2 is 1.85 bits per heavy atom. The van der Waals surface area contributed by atoms with Crippen LogP contribution in [0.15, 0.2) is 59.7 Å². The van der Waals surface area contributed by atoms with E-state index in [1.54, 1.807) is 6.92 Å². The molecule has 10 nitrogen and oxygen atoms in total. The average molecular weight is 594 g/mol. The molecule has 0 aliphatic rings. The Balaban J connectivity index is 1.74. The van der Waals surface area contributed by atoms with Gasteiger partial charge in [0.2, 0.25) is 5.91 Å². The normalized spacial score (nSPS) is 12.2. The Hall–Kier alpha value is -4.56. The summed E-state index contributed by atoms with van der Waals surface area (Å²) in [5.74, 6) is -2.15. The summed E-state index contributed by atoms with van der Waals surface area (Å²) in [6, 6.07) is 7.83. The fourth-order valence-corrected chi connectivity index (χ4v) is 4.31. The number of hydrogen-bond donors (Lipinski definition) is 2. The first-order valence-electron chi connectivity index (χ1n) is 11.9. The fourth-order valence-electron chi connectivity index (χ4n) is 4.13. The van der Waals surface area contributed by atoms with Gasteiger partial charge in [0, 0.05) is 27.9 Å². The molecule has 0 saturated carbocycles. The van der Waals surface area contributed by atoms with Crippen molar-refractivity contribution >= 4 is 29.1 Å². The first-order chi connectivity index (χ1) is 19.3. The van der Waals surface area contributed by atoms with Crippen molar-refractivity contribution in [1.29, 1.82) is 0 Å². The summed E-state index contributed by atoms with van der Waals surface area (Å²) in [7, 11) is 1.31. The van der Waals surface area contributed by atoms with Crippen LogP contribution >= 0.6 is 11.6 Å². The van der Waals surface area contributed by atoms with Gasteiger partial charge in [-0.25, -0.2) is 13.9 Å². The van der Waals surface area contributed by atoms with Crippen molar-refractivity contribution in [2.45, 2.75) is 25.6 Å². The molecule has 1 unspecified atom stereocenters. The number of benzene rings is 2. The van der Waals surface area contributed by atoms with E-state index in [9.17, 15) is 31.9 Å². The highest BCUT2D eigenvalue weighted by Crippen LogP contribution is 2.36. The van der Waals surface area contributed by atoms with Gasteiger partial charge < -0.3 is 10.1 Å². The largest absolute Gasteiger partial charge is 0.495 e. The van der Waals surface area contributed by atoms with Gasteiger partial charge in [-0.2, -0.15) is 13.2 Å². The lowest BCUT2D eigenvalue weighted by Crippen LogP contribution is -2.57. The van der Waals surface area contributed by atoms with Gasteiger partial charge in [0.05, 0.1) is 25.2 Å². The van der Waals surface area contributed by atoms with Crippen molar-refractivity contribution in [3.63, 3.8) is 0 Å². The summed E-state index contributed by atoms with van der Waals surface area (Å²) >= 11 is 6.18. The topological polar surface area (TPSA) is 136 Å². The van der Waals surface area contributed by atoms with E-state index in [0.29, 0.717) is 6.20 Å². The third kappa shape index (κ3) is 6.12. The fraction of sp³-hybridized carbons (Fsp3) is 0.192. The molecule has 0 radical (unpaired) electrons. The van der Waals surface area contributed by atoms with Gasteiger partial charge in [-0.05, 0) is 42.8 Å². The van der Waals surface area contributed by atoms with Crippen LogP contribution in [0.3, 0.4) is 0 Å². The van der Waals surface area contributed by atoms with Gasteiger partial charge in [0.15, 0.2) is 5.69 Å². The van der Waals surface area contributed by atoms with Crippen molar-refractivity contribution in [1.82, 2.24) is 19.6 Å². The van der Waals surface area contributed by atoms with E-state index in [1.807, 2.05) is 0 Å². The lowest BCUT2D eigenvalue weighted by molar-refractivity contribution is -0.255. The summed E-state index contributed by atoms with van der Waals surface area (Å²) in [5, 5.41) is 9.48. The van der Waals surface area contributed by atoms with Crippen LogP contribution in [0.5, 0.6) is 5.75 Å². The van der Waals surface area contributed by atoms with Crippen LogP contribution in [0.2, 0.25) is 5.02 Å². The number of hydrogen-bond acceptors (Lipinski definition) is 6. The first kappa shape index (κ1) is 29.4. The number of rotatable bonds is 8. The molecular formula is C26H22ClF4N6O4+. The summed E-state index contributed by atoms with van der Waals surface area (Å²) < 4.78 is 61.1. The number of pyridine rings is 1. The van der Waals surface area contributed by atoms with Crippen LogP contribution in [0.4, 0.5) is 23.2 Å². The second-order valence-electron chi connectivity index (χ2n) is 8.74. The molecule has 2 amide bonds. The number of quaternary nitrogens is 1. The van der Waals surface area contributed by atoms with Gasteiger partial charge in [0.1, 0.15) is 23.2 Å². The lowest BCUT2D eigenvalue weighted by atomic mass is 10.0. The Kier molecular flexibility index (Phi) is 8.26. The molecule has 15 heteroatoms. The molecule has 41 heavy (non-hydrogen) atoms. The Bertz CT molecular complexity index is 1700. The summed E-state index contributed by atoms with van der Waals surface area (Å²) in [6.45, 7) is 1.65. The van der Waals surface area contributed by atoms with Crippen molar-refractivity contribution in [2.24, 2.45) is 0 Å². The molecule has 1 atom stereocenters. The summed E-state index contributed by atoms with van der Waals surface area (Å²) in [5.41, 5.74) is 1.62. The van der Waals surface area contributed by atoms with E-state index in [1.165, 1.54) is 43.6 Å². The van der Waals surface area contributed by atoms with Gasteiger partial charge >= 0.3 is 12.1 Å². The quantitative estimate of drug-likeness (QED) is 0.298. The maximum absolute atomic E-state index is 14.2. The number of nitrogens with one attached hydrogen (secondary N) is 1. The molecule has 2 aromatic heterocycles. The smallest absolute Gasteiger partial charge is 0.436 e. The molecule has 2 heterocycles. The Morgan fingerprint density at radius 1 is 1.12 bits per heavy atom. The van der Waals surface area contributed by atoms with Crippen molar-refractivity contribution < 1.29 is 37.6 Å². The van der Waals surface area contributed by atoms with Crippen LogP contribution in [0, 0.1) is 5.82 Å². The van der Waals surface area contributed by atoms with E-state index < -0.39 is 41.1 Å². The molecule has 0 bridgehead atoms. The maximum atomic E-state index is 14.2. The molecule has 4 N–H and O–H groups in total. The Labute approximate surface area is 234 Å². The highest BCUT2D eigenvalue weighted by atomic mass is 35.5. The number of nitrogens with zero attached hydrogens (tertiary/aromatic N) is 4. The van der Waals surface area contributed by atoms with E-state index in [0.717, 1.165) is 21.4 Å². The molecule has 0 aliphatic heterocycles. The van der Waals surface area contributed by atoms with Gasteiger partial charge in [0.25, 0.3) is 5.56 Å². The molecule has 2 aromatic carbocycles. The molecule has 0 fully saturated rings. The molecule has 4 rings (SSSR count). The molecular weight excluding hydrogens is 572 g/mol. The minimum atomic E-state index is -4.73. The van der Waals surface area contributed by atoms with Gasteiger partial charge in [-0.15, -0.1) is 5.10 Å². The van der Waals surface area contributed by atoms with Gasteiger partial charge in [-0.3, -0.25) is 19.9 Å². The minimum Gasteiger partial charge on any atom is -0.495 e. The molecule has 0 spiro atoms. The van der Waals surface area contributed by atoms with E-state index in [-0.39, 0.29) is 45.3 Å². The number of ether oxygens (including phenoxy) is 1. The van der Waals surface area contributed by atoms with Gasteiger partial charge in [-0.1, -0.05) is 23.7 Å². The third-order valence-electron chi connectivity index (χ3n) is 6.11.